The zero-order valence-electron chi connectivity index (χ0n) is 14.3. The summed E-state index contributed by atoms with van der Waals surface area (Å²) < 4.78 is 67.4. The molecule has 0 heterocycles. The fourth-order valence-corrected chi connectivity index (χ4v) is 2.06. The lowest BCUT2D eigenvalue weighted by Gasteiger charge is -2.15. The number of hydrogen-bond donors (Lipinski definition) is 1. The van der Waals surface area contributed by atoms with E-state index < -0.39 is 30.1 Å². The van der Waals surface area contributed by atoms with Crippen molar-refractivity contribution in [2.75, 3.05) is 32.2 Å². The molecule has 0 bridgehead atoms. The van der Waals surface area contributed by atoms with Gasteiger partial charge in [0.2, 0.25) is 0 Å². The molecule has 146 valence electrons. The molecule has 1 N–H and O–H groups in total. The standard InChI is InChI=1S/C18H17F4NO4/c1-25-8-9-26-16-7-6-12(18(20,21)22)10-14(16)23-17(24)11-27-15-5-3-2-4-13(15)19/h2-7,10H,8-9,11H2,1H3,(H,23,24). The molecule has 0 saturated carbocycles. The maximum atomic E-state index is 13.5. The molecule has 9 heteroatoms. The predicted octanol–water partition coefficient (Wildman–Crippen LogP) is 3.89. The van der Waals surface area contributed by atoms with Crippen LogP contribution in [0.1, 0.15) is 5.56 Å². The van der Waals surface area contributed by atoms with E-state index in [2.05, 4.69) is 5.32 Å². The third-order valence-corrected chi connectivity index (χ3v) is 3.32. The molecule has 1 amide bonds. The number of alkyl halides is 3. The zero-order chi connectivity index (χ0) is 19.9. The van der Waals surface area contributed by atoms with Crippen molar-refractivity contribution in [1.82, 2.24) is 0 Å². The number of halogens is 4. The van der Waals surface area contributed by atoms with Crippen LogP contribution in [0.2, 0.25) is 0 Å². The average Bonchev–Trinajstić information content (AvgIpc) is 2.61. The van der Waals surface area contributed by atoms with Gasteiger partial charge < -0.3 is 19.5 Å². The van der Waals surface area contributed by atoms with E-state index in [1.807, 2.05) is 0 Å². The van der Waals surface area contributed by atoms with Crippen molar-refractivity contribution in [2.45, 2.75) is 6.18 Å². The molecule has 0 saturated heterocycles. The van der Waals surface area contributed by atoms with Gasteiger partial charge >= 0.3 is 6.18 Å². The molecular formula is C18H17F4NO4. The van der Waals surface area contributed by atoms with E-state index >= 15 is 0 Å². The van der Waals surface area contributed by atoms with Crippen molar-refractivity contribution in [2.24, 2.45) is 0 Å². The molecule has 0 aliphatic carbocycles. The first-order valence-corrected chi connectivity index (χ1v) is 7.81. The predicted molar refractivity (Wildman–Crippen MR) is 89.3 cm³/mol. The van der Waals surface area contributed by atoms with Gasteiger partial charge in [0.15, 0.2) is 18.2 Å². The van der Waals surface area contributed by atoms with Crippen LogP contribution in [0.5, 0.6) is 11.5 Å². The highest BCUT2D eigenvalue weighted by Gasteiger charge is 2.31. The number of nitrogens with one attached hydrogen (secondary N) is 1. The smallest absolute Gasteiger partial charge is 0.416 e. The van der Waals surface area contributed by atoms with Crippen molar-refractivity contribution >= 4 is 11.6 Å². The Hall–Kier alpha value is -2.81. The molecular weight excluding hydrogens is 370 g/mol. The second-order valence-electron chi connectivity index (χ2n) is 5.32. The number of ether oxygens (including phenoxy) is 3. The van der Waals surface area contributed by atoms with Crippen LogP contribution >= 0.6 is 0 Å². The highest BCUT2D eigenvalue weighted by atomic mass is 19.4. The van der Waals surface area contributed by atoms with Gasteiger partial charge in [-0.3, -0.25) is 4.79 Å². The lowest BCUT2D eigenvalue weighted by Crippen LogP contribution is -2.21. The summed E-state index contributed by atoms with van der Waals surface area (Å²) in [5.74, 6) is -1.53. The van der Waals surface area contributed by atoms with Gasteiger partial charge in [-0.05, 0) is 30.3 Å². The molecule has 5 nitrogen and oxygen atoms in total. The molecule has 27 heavy (non-hydrogen) atoms. The van der Waals surface area contributed by atoms with Gasteiger partial charge in [0, 0.05) is 7.11 Å². The molecule has 2 rings (SSSR count). The number of benzene rings is 2. The van der Waals surface area contributed by atoms with E-state index in [1.165, 1.54) is 25.3 Å². The van der Waals surface area contributed by atoms with E-state index in [-0.39, 0.29) is 30.4 Å². The van der Waals surface area contributed by atoms with E-state index in [1.54, 1.807) is 0 Å². The largest absolute Gasteiger partial charge is 0.489 e. The Bertz CT molecular complexity index is 780. The minimum atomic E-state index is -4.59. The zero-order valence-corrected chi connectivity index (χ0v) is 14.3. The van der Waals surface area contributed by atoms with Crippen molar-refractivity contribution in [1.29, 1.82) is 0 Å². The Labute approximate surface area is 152 Å². The second-order valence-corrected chi connectivity index (χ2v) is 5.32. The summed E-state index contributed by atoms with van der Waals surface area (Å²) in [6, 6.07) is 8.15. The van der Waals surface area contributed by atoms with Crippen molar-refractivity contribution in [3.8, 4) is 11.5 Å². The molecule has 0 fully saturated rings. The Morgan fingerprint density at radius 3 is 2.44 bits per heavy atom. The van der Waals surface area contributed by atoms with E-state index in [0.29, 0.717) is 0 Å². The Morgan fingerprint density at radius 1 is 1.04 bits per heavy atom. The summed E-state index contributed by atoms with van der Waals surface area (Å²) in [6.45, 7) is -0.296. The van der Waals surface area contributed by atoms with Crippen molar-refractivity contribution in [3.63, 3.8) is 0 Å². The van der Waals surface area contributed by atoms with Crippen LogP contribution in [-0.4, -0.2) is 32.8 Å². The minimum absolute atomic E-state index is 0.0410. The van der Waals surface area contributed by atoms with Gasteiger partial charge in [0.25, 0.3) is 5.91 Å². The van der Waals surface area contributed by atoms with Crippen molar-refractivity contribution < 1.29 is 36.6 Å². The Morgan fingerprint density at radius 2 is 1.78 bits per heavy atom. The van der Waals surface area contributed by atoms with Crippen LogP contribution in [0.4, 0.5) is 23.2 Å². The van der Waals surface area contributed by atoms with Crippen LogP contribution in [0.25, 0.3) is 0 Å². The average molecular weight is 387 g/mol. The number of carbonyl (C=O) groups excluding carboxylic acids is 1. The number of rotatable bonds is 8. The van der Waals surface area contributed by atoms with Gasteiger partial charge in [-0.2, -0.15) is 13.2 Å². The lowest BCUT2D eigenvalue weighted by atomic mass is 10.1. The summed E-state index contributed by atoms with van der Waals surface area (Å²) in [7, 11) is 1.44. The number of amides is 1. The first kappa shape index (κ1) is 20.5. The summed E-state index contributed by atoms with van der Waals surface area (Å²) in [6.07, 6.45) is -4.59. The van der Waals surface area contributed by atoms with Crippen molar-refractivity contribution in [3.05, 3.63) is 53.8 Å². The van der Waals surface area contributed by atoms with Gasteiger partial charge in [-0.1, -0.05) is 12.1 Å². The third-order valence-electron chi connectivity index (χ3n) is 3.32. The summed E-state index contributed by atoms with van der Waals surface area (Å²) in [4.78, 5) is 12.0. The van der Waals surface area contributed by atoms with Gasteiger partial charge in [-0.15, -0.1) is 0 Å². The van der Waals surface area contributed by atoms with Gasteiger partial charge in [0.05, 0.1) is 17.9 Å². The SMILES string of the molecule is COCCOc1ccc(C(F)(F)F)cc1NC(=O)COc1ccccc1F. The molecule has 0 aliphatic heterocycles. The quantitative estimate of drug-likeness (QED) is 0.552. The van der Waals surface area contributed by atoms with Gasteiger partial charge in [0.1, 0.15) is 12.4 Å². The fourth-order valence-electron chi connectivity index (χ4n) is 2.06. The summed E-state index contributed by atoms with van der Waals surface area (Å²) in [5, 5.41) is 2.29. The Balaban J connectivity index is 2.11. The number of carbonyl (C=O) groups is 1. The number of para-hydroxylation sites is 1. The minimum Gasteiger partial charge on any atom is -0.489 e. The maximum absolute atomic E-state index is 13.5. The monoisotopic (exact) mass is 387 g/mol. The normalized spacial score (nSPS) is 11.1. The maximum Gasteiger partial charge on any atom is 0.416 e. The molecule has 0 aliphatic rings. The fraction of sp³-hybridized carbons (Fsp3) is 0.278. The molecule has 0 unspecified atom stereocenters. The Kier molecular flexibility index (Phi) is 7.00. The van der Waals surface area contributed by atoms with E-state index in [9.17, 15) is 22.4 Å². The highest BCUT2D eigenvalue weighted by molar-refractivity contribution is 5.93. The molecule has 2 aromatic carbocycles. The van der Waals surface area contributed by atoms with Gasteiger partial charge in [-0.25, -0.2) is 4.39 Å². The van der Waals surface area contributed by atoms with E-state index in [0.717, 1.165) is 24.3 Å². The first-order chi connectivity index (χ1) is 12.8. The lowest BCUT2D eigenvalue weighted by molar-refractivity contribution is -0.137. The van der Waals surface area contributed by atoms with Crippen LogP contribution in [0.15, 0.2) is 42.5 Å². The first-order valence-electron chi connectivity index (χ1n) is 7.81. The van der Waals surface area contributed by atoms with Crippen LogP contribution in [0.3, 0.4) is 0 Å². The summed E-state index contributed by atoms with van der Waals surface area (Å²) >= 11 is 0. The molecule has 0 spiro atoms. The molecule has 0 radical (unpaired) electrons. The molecule has 2 aromatic rings. The highest BCUT2D eigenvalue weighted by Crippen LogP contribution is 2.35. The number of hydrogen-bond acceptors (Lipinski definition) is 4. The topological polar surface area (TPSA) is 56.8 Å². The molecule has 0 aromatic heterocycles. The van der Waals surface area contributed by atoms with Crippen LogP contribution in [-0.2, 0) is 15.7 Å². The van der Waals surface area contributed by atoms with Crippen LogP contribution in [0, 0.1) is 5.82 Å². The second kappa shape index (κ2) is 9.22. The number of anilines is 1. The molecule has 0 atom stereocenters. The summed E-state index contributed by atoms with van der Waals surface area (Å²) in [5.41, 5.74) is -1.13. The van der Waals surface area contributed by atoms with Crippen LogP contribution < -0.4 is 14.8 Å². The number of methoxy groups -OCH3 is 1. The third kappa shape index (κ3) is 6.14. The van der Waals surface area contributed by atoms with E-state index in [4.69, 9.17) is 14.2 Å².